The average molecular weight is 275 g/mol. The minimum absolute atomic E-state index is 0.125. The van der Waals surface area contributed by atoms with Crippen molar-refractivity contribution in [2.24, 2.45) is 0 Å². The van der Waals surface area contributed by atoms with Gasteiger partial charge in [-0.15, -0.1) is 0 Å². The zero-order valence-corrected chi connectivity index (χ0v) is 11.5. The van der Waals surface area contributed by atoms with Crippen molar-refractivity contribution in [3.63, 3.8) is 0 Å². The van der Waals surface area contributed by atoms with Gasteiger partial charge in [-0.1, -0.05) is 0 Å². The largest absolute Gasteiger partial charge is 0.383 e. The maximum absolute atomic E-state index is 12.0. The number of allylic oxidation sites excluding steroid dienone is 1. The van der Waals surface area contributed by atoms with Crippen molar-refractivity contribution in [1.29, 1.82) is 0 Å². The fraction of sp³-hybridized carbons (Fsp3) is 0.357. The highest BCUT2D eigenvalue weighted by Gasteiger charge is 2.26. The molecule has 6 nitrogen and oxygen atoms in total. The summed E-state index contributed by atoms with van der Waals surface area (Å²) in [5, 5.41) is 2.72. The lowest BCUT2D eigenvalue weighted by molar-refractivity contribution is -0.108. The quantitative estimate of drug-likeness (QED) is 0.486. The third kappa shape index (κ3) is 2.79. The molecule has 1 amide bonds. The number of aldehydes is 1. The van der Waals surface area contributed by atoms with Gasteiger partial charge in [-0.3, -0.25) is 9.59 Å². The zero-order chi connectivity index (χ0) is 14.7. The lowest BCUT2D eigenvalue weighted by atomic mass is 10.1. The first-order chi connectivity index (χ1) is 9.52. The number of nitrogens with zero attached hydrogens (tertiary/aromatic N) is 2. The Kier molecular flexibility index (Phi) is 4.02. The molecule has 0 spiro atoms. The van der Waals surface area contributed by atoms with E-state index in [1.54, 1.807) is 27.9 Å². The maximum Gasteiger partial charge on any atom is 0.268 e. The molecule has 1 aliphatic rings. The van der Waals surface area contributed by atoms with Crippen LogP contribution in [-0.2, 0) is 4.79 Å². The van der Waals surface area contributed by atoms with E-state index in [9.17, 15) is 14.4 Å². The summed E-state index contributed by atoms with van der Waals surface area (Å²) in [6.07, 6.45) is 5.88. The van der Waals surface area contributed by atoms with Crippen molar-refractivity contribution in [2.75, 3.05) is 20.6 Å². The van der Waals surface area contributed by atoms with Crippen LogP contribution in [0, 0.1) is 0 Å². The van der Waals surface area contributed by atoms with Crippen molar-refractivity contribution in [2.45, 2.75) is 12.5 Å². The van der Waals surface area contributed by atoms with Crippen LogP contribution in [0.15, 0.2) is 24.5 Å². The summed E-state index contributed by atoms with van der Waals surface area (Å²) in [7, 11) is 3.64. The Balaban J connectivity index is 2.30. The fourth-order valence-electron chi connectivity index (χ4n) is 2.12. The first-order valence-corrected chi connectivity index (χ1v) is 6.35. The first kappa shape index (κ1) is 14.0. The summed E-state index contributed by atoms with van der Waals surface area (Å²) in [4.78, 5) is 36.2. The van der Waals surface area contributed by atoms with Crippen LogP contribution in [0.4, 0.5) is 0 Å². The van der Waals surface area contributed by atoms with Crippen LogP contribution < -0.4 is 5.32 Å². The summed E-state index contributed by atoms with van der Waals surface area (Å²) >= 11 is 0. The molecule has 1 aliphatic heterocycles. The van der Waals surface area contributed by atoms with E-state index in [2.05, 4.69) is 5.32 Å². The molecule has 106 valence electrons. The topological polar surface area (TPSA) is 71.4 Å². The van der Waals surface area contributed by atoms with Gasteiger partial charge in [0.25, 0.3) is 5.91 Å². The summed E-state index contributed by atoms with van der Waals surface area (Å²) in [5.74, 6) is -0.388. The number of fused-ring (bicyclic) bond motifs is 1. The Morgan fingerprint density at radius 3 is 2.95 bits per heavy atom. The standard InChI is InChI=1S/C14H17N3O3/c1-16(2)5-3-13(19)10-7-12-14(20)15-8-11(4-6-18)17(12)9-10/h3,5-7,9,11H,4,8H2,1-2H3,(H,15,20)/b5-3+. The van der Waals surface area contributed by atoms with Gasteiger partial charge in [0.2, 0.25) is 0 Å². The molecule has 1 aromatic heterocycles. The number of amides is 1. The first-order valence-electron chi connectivity index (χ1n) is 6.35. The van der Waals surface area contributed by atoms with E-state index in [4.69, 9.17) is 0 Å². The molecule has 1 N–H and O–H groups in total. The van der Waals surface area contributed by atoms with Gasteiger partial charge in [-0.2, -0.15) is 0 Å². The third-order valence-electron chi connectivity index (χ3n) is 3.15. The van der Waals surface area contributed by atoms with Crippen LogP contribution in [0.5, 0.6) is 0 Å². The maximum atomic E-state index is 12.0. The van der Waals surface area contributed by atoms with Gasteiger partial charge in [-0.05, 0) is 6.07 Å². The molecule has 0 saturated heterocycles. The van der Waals surface area contributed by atoms with Crippen LogP contribution >= 0.6 is 0 Å². The zero-order valence-electron chi connectivity index (χ0n) is 11.5. The molecule has 1 unspecified atom stereocenters. The van der Waals surface area contributed by atoms with Crippen LogP contribution in [0.3, 0.4) is 0 Å². The molecule has 0 bridgehead atoms. The van der Waals surface area contributed by atoms with Crippen molar-refractivity contribution < 1.29 is 14.4 Å². The predicted molar refractivity (Wildman–Crippen MR) is 73.6 cm³/mol. The van der Waals surface area contributed by atoms with Crippen LogP contribution in [0.1, 0.15) is 33.3 Å². The molecule has 2 rings (SSSR count). The van der Waals surface area contributed by atoms with E-state index < -0.39 is 0 Å². The molecule has 1 atom stereocenters. The van der Waals surface area contributed by atoms with Crippen molar-refractivity contribution in [3.05, 3.63) is 35.8 Å². The molecule has 0 radical (unpaired) electrons. The summed E-state index contributed by atoms with van der Waals surface area (Å²) in [6, 6.07) is 1.44. The second kappa shape index (κ2) is 5.73. The molecular weight excluding hydrogens is 258 g/mol. The van der Waals surface area contributed by atoms with E-state index in [1.165, 1.54) is 6.08 Å². The van der Waals surface area contributed by atoms with Crippen molar-refractivity contribution in [3.8, 4) is 0 Å². The van der Waals surface area contributed by atoms with Gasteiger partial charge in [0.1, 0.15) is 12.0 Å². The Hall–Kier alpha value is -2.37. The number of ketones is 1. The van der Waals surface area contributed by atoms with Gasteiger partial charge in [-0.25, -0.2) is 0 Å². The van der Waals surface area contributed by atoms with E-state index >= 15 is 0 Å². The second-order valence-corrected chi connectivity index (χ2v) is 4.93. The lowest BCUT2D eigenvalue weighted by Crippen LogP contribution is -2.38. The lowest BCUT2D eigenvalue weighted by Gasteiger charge is -2.24. The van der Waals surface area contributed by atoms with Gasteiger partial charge in [0.15, 0.2) is 5.78 Å². The molecule has 2 heterocycles. The highest BCUT2D eigenvalue weighted by molar-refractivity contribution is 6.06. The van der Waals surface area contributed by atoms with Gasteiger partial charge in [0.05, 0.1) is 6.04 Å². The van der Waals surface area contributed by atoms with E-state index in [1.807, 2.05) is 14.1 Å². The molecule has 0 fully saturated rings. The molecule has 0 saturated carbocycles. The number of rotatable bonds is 5. The van der Waals surface area contributed by atoms with Crippen LogP contribution in [0.2, 0.25) is 0 Å². The van der Waals surface area contributed by atoms with Gasteiger partial charge in [0, 0.05) is 51.1 Å². The van der Waals surface area contributed by atoms with Gasteiger partial charge >= 0.3 is 0 Å². The minimum Gasteiger partial charge on any atom is -0.383 e. The third-order valence-corrected chi connectivity index (χ3v) is 3.15. The number of carbonyl (C=O) groups excluding carboxylic acids is 3. The number of aromatic nitrogens is 1. The number of hydrogen-bond donors (Lipinski definition) is 1. The summed E-state index contributed by atoms with van der Waals surface area (Å²) < 4.78 is 1.71. The van der Waals surface area contributed by atoms with Crippen molar-refractivity contribution in [1.82, 2.24) is 14.8 Å². The monoisotopic (exact) mass is 275 g/mol. The van der Waals surface area contributed by atoms with Gasteiger partial charge < -0.3 is 19.6 Å². The average Bonchev–Trinajstić information content (AvgIpc) is 2.85. The van der Waals surface area contributed by atoms with E-state index in [0.717, 1.165) is 6.29 Å². The molecule has 0 aromatic carbocycles. The van der Waals surface area contributed by atoms with E-state index in [-0.39, 0.29) is 17.7 Å². The Morgan fingerprint density at radius 1 is 1.55 bits per heavy atom. The molecular formula is C14H17N3O3. The minimum atomic E-state index is -0.220. The number of hydrogen-bond acceptors (Lipinski definition) is 4. The van der Waals surface area contributed by atoms with E-state index in [0.29, 0.717) is 24.2 Å². The van der Waals surface area contributed by atoms with Crippen molar-refractivity contribution >= 4 is 18.0 Å². The van der Waals surface area contributed by atoms with Crippen LogP contribution in [-0.4, -0.2) is 48.1 Å². The Morgan fingerprint density at radius 2 is 2.30 bits per heavy atom. The number of nitrogens with one attached hydrogen (secondary N) is 1. The van der Waals surface area contributed by atoms with Crippen LogP contribution in [0.25, 0.3) is 0 Å². The second-order valence-electron chi connectivity index (χ2n) is 4.93. The molecule has 6 heteroatoms. The molecule has 1 aromatic rings. The Labute approximate surface area is 117 Å². The highest BCUT2D eigenvalue weighted by atomic mass is 16.2. The summed E-state index contributed by atoms with van der Waals surface area (Å²) in [5.41, 5.74) is 0.871. The molecule has 20 heavy (non-hydrogen) atoms. The fourth-order valence-corrected chi connectivity index (χ4v) is 2.12. The SMILES string of the molecule is CN(C)/C=C/C(=O)c1cc2n(c1)C(CC=O)CNC2=O. The molecule has 0 aliphatic carbocycles. The Bertz CT molecular complexity index is 572. The highest BCUT2D eigenvalue weighted by Crippen LogP contribution is 2.21. The number of carbonyl (C=O) groups is 3. The predicted octanol–water partition coefficient (Wildman–Crippen LogP) is 0.620. The normalized spacial score (nSPS) is 17.7. The smallest absolute Gasteiger partial charge is 0.268 e. The summed E-state index contributed by atoms with van der Waals surface area (Å²) in [6.45, 7) is 0.403.